The van der Waals surface area contributed by atoms with Gasteiger partial charge in [-0.3, -0.25) is 0 Å². The van der Waals surface area contributed by atoms with E-state index in [0.717, 1.165) is 18.4 Å². The van der Waals surface area contributed by atoms with Crippen LogP contribution in [-0.4, -0.2) is 19.8 Å². The zero-order valence-electron chi connectivity index (χ0n) is 13.1. The Labute approximate surface area is 122 Å². The van der Waals surface area contributed by atoms with Crippen molar-refractivity contribution in [2.75, 3.05) is 19.8 Å². The molecule has 0 spiro atoms. The molecule has 0 saturated carbocycles. The van der Waals surface area contributed by atoms with Crippen molar-refractivity contribution in [1.82, 2.24) is 0 Å². The molecule has 1 aromatic rings. The number of benzene rings is 1. The number of rotatable bonds is 9. The SMILES string of the molecule is CCCC(N)c1cc(OCC)c(OCC)c(OCC)c1. The van der Waals surface area contributed by atoms with Crippen LogP contribution in [0.3, 0.4) is 0 Å². The Morgan fingerprint density at radius 3 is 1.80 bits per heavy atom. The summed E-state index contributed by atoms with van der Waals surface area (Å²) < 4.78 is 17.0. The molecule has 0 amide bonds. The van der Waals surface area contributed by atoms with Gasteiger partial charge in [0, 0.05) is 6.04 Å². The maximum atomic E-state index is 6.21. The standard InChI is InChI=1S/C16H27NO3/c1-5-9-13(17)12-10-14(18-6-2)16(20-8-4)15(11-12)19-7-3/h10-11,13H,5-9,17H2,1-4H3. The van der Waals surface area contributed by atoms with Gasteiger partial charge in [0.1, 0.15) is 0 Å². The summed E-state index contributed by atoms with van der Waals surface area (Å²) in [6, 6.07) is 3.93. The average molecular weight is 281 g/mol. The summed E-state index contributed by atoms with van der Waals surface area (Å²) in [6.07, 6.45) is 1.98. The molecule has 114 valence electrons. The maximum absolute atomic E-state index is 6.21. The lowest BCUT2D eigenvalue weighted by atomic mass is 10.0. The number of nitrogens with two attached hydrogens (primary N) is 1. The topological polar surface area (TPSA) is 53.7 Å². The van der Waals surface area contributed by atoms with Crippen molar-refractivity contribution >= 4 is 0 Å². The van der Waals surface area contributed by atoms with E-state index < -0.39 is 0 Å². The lowest BCUT2D eigenvalue weighted by molar-refractivity contribution is 0.260. The van der Waals surface area contributed by atoms with Crippen LogP contribution in [0.15, 0.2) is 12.1 Å². The lowest BCUT2D eigenvalue weighted by Crippen LogP contribution is -2.11. The minimum absolute atomic E-state index is 0.00547. The zero-order chi connectivity index (χ0) is 15.0. The van der Waals surface area contributed by atoms with Crippen LogP contribution in [0.25, 0.3) is 0 Å². The molecule has 2 N–H and O–H groups in total. The van der Waals surface area contributed by atoms with Gasteiger partial charge in [-0.1, -0.05) is 13.3 Å². The summed E-state index contributed by atoms with van der Waals surface area (Å²) in [5.41, 5.74) is 7.24. The van der Waals surface area contributed by atoms with Gasteiger partial charge < -0.3 is 19.9 Å². The average Bonchev–Trinajstić information content (AvgIpc) is 2.43. The van der Waals surface area contributed by atoms with Gasteiger partial charge in [-0.2, -0.15) is 0 Å². The molecule has 1 atom stereocenters. The quantitative estimate of drug-likeness (QED) is 0.750. The first kappa shape index (κ1) is 16.6. The Hall–Kier alpha value is -1.42. The molecule has 4 heteroatoms. The van der Waals surface area contributed by atoms with E-state index in [9.17, 15) is 0 Å². The summed E-state index contributed by atoms with van der Waals surface area (Å²) in [7, 11) is 0. The second-order valence-corrected chi connectivity index (χ2v) is 4.54. The maximum Gasteiger partial charge on any atom is 0.203 e. The monoisotopic (exact) mass is 281 g/mol. The minimum Gasteiger partial charge on any atom is -0.490 e. The summed E-state index contributed by atoms with van der Waals surface area (Å²) in [5.74, 6) is 2.09. The van der Waals surface area contributed by atoms with Crippen molar-refractivity contribution in [3.8, 4) is 17.2 Å². The predicted molar refractivity (Wildman–Crippen MR) is 81.8 cm³/mol. The molecule has 1 aromatic carbocycles. The Bertz CT molecular complexity index is 380. The van der Waals surface area contributed by atoms with Crippen LogP contribution in [0.5, 0.6) is 17.2 Å². The molecule has 0 bridgehead atoms. The fraction of sp³-hybridized carbons (Fsp3) is 0.625. The van der Waals surface area contributed by atoms with Crippen LogP contribution in [0, 0.1) is 0 Å². The third-order valence-electron chi connectivity index (χ3n) is 2.96. The fourth-order valence-corrected chi connectivity index (χ4v) is 2.10. The Kier molecular flexibility index (Phi) is 7.23. The van der Waals surface area contributed by atoms with Gasteiger partial charge in [-0.05, 0) is 44.9 Å². The van der Waals surface area contributed by atoms with Gasteiger partial charge in [0.15, 0.2) is 11.5 Å². The van der Waals surface area contributed by atoms with Crippen molar-refractivity contribution in [3.63, 3.8) is 0 Å². The van der Waals surface area contributed by atoms with Gasteiger partial charge in [0.25, 0.3) is 0 Å². The molecule has 0 aliphatic carbocycles. The smallest absolute Gasteiger partial charge is 0.203 e. The van der Waals surface area contributed by atoms with Crippen LogP contribution >= 0.6 is 0 Å². The minimum atomic E-state index is -0.00547. The first-order valence-corrected chi connectivity index (χ1v) is 7.49. The molecule has 0 radical (unpaired) electrons. The van der Waals surface area contributed by atoms with Crippen LogP contribution in [0.2, 0.25) is 0 Å². The van der Waals surface area contributed by atoms with E-state index in [4.69, 9.17) is 19.9 Å². The van der Waals surface area contributed by atoms with Crippen LogP contribution in [0.1, 0.15) is 52.1 Å². The van der Waals surface area contributed by atoms with Crippen molar-refractivity contribution in [1.29, 1.82) is 0 Å². The highest BCUT2D eigenvalue weighted by atomic mass is 16.5. The van der Waals surface area contributed by atoms with Crippen LogP contribution in [-0.2, 0) is 0 Å². The zero-order valence-corrected chi connectivity index (χ0v) is 13.1. The molecule has 0 heterocycles. The number of hydrogen-bond donors (Lipinski definition) is 1. The molecule has 4 nitrogen and oxygen atoms in total. The molecule has 1 unspecified atom stereocenters. The third-order valence-corrected chi connectivity index (χ3v) is 2.96. The Balaban J connectivity index is 3.21. The van der Waals surface area contributed by atoms with Crippen molar-refractivity contribution in [2.24, 2.45) is 5.73 Å². The molecule has 0 saturated heterocycles. The molecule has 0 fully saturated rings. The largest absolute Gasteiger partial charge is 0.490 e. The lowest BCUT2D eigenvalue weighted by Gasteiger charge is -2.19. The van der Waals surface area contributed by atoms with Gasteiger partial charge in [-0.15, -0.1) is 0 Å². The highest BCUT2D eigenvalue weighted by Gasteiger charge is 2.17. The number of hydrogen-bond acceptors (Lipinski definition) is 4. The summed E-state index contributed by atoms with van der Waals surface area (Å²) in [5, 5.41) is 0. The van der Waals surface area contributed by atoms with E-state index in [-0.39, 0.29) is 6.04 Å². The van der Waals surface area contributed by atoms with E-state index in [1.165, 1.54) is 0 Å². The van der Waals surface area contributed by atoms with Gasteiger partial charge in [0.2, 0.25) is 5.75 Å². The second-order valence-electron chi connectivity index (χ2n) is 4.54. The van der Waals surface area contributed by atoms with E-state index >= 15 is 0 Å². The van der Waals surface area contributed by atoms with Gasteiger partial charge in [0.05, 0.1) is 19.8 Å². The molecular formula is C16H27NO3. The first-order valence-electron chi connectivity index (χ1n) is 7.49. The predicted octanol–water partition coefficient (Wildman–Crippen LogP) is 3.68. The van der Waals surface area contributed by atoms with E-state index in [0.29, 0.717) is 37.1 Å². The second kappa shape index (κ2) is 8.69. The van der Waals surface area contributed by atoms with Crippen LogP contribution in [0.4, 0.5) is 0 Å². The summed E-state index contributed by atoms with van der Waals surface area (Å²) >= 11 is 0. The highest BCUT2D eigenvalue weighted by molar-refractivity contribution is 5.54. The van der Waals surface area contributed by atoms with Crippen molar-refractivity contribution < 1.29 is 14.2 Å². The van der Waals surface area contributed by atoms with Crippen molar-refractivity contribution in [2.45, 2.75) is 46.6 Å². The summed E-state index contributed by atoms with van der Waals surface area (Å²) in [4.78, 5) is 0. The molecule has 20 heavy (non-hydrogen) atoms. The van der Waals surface area contributed by atoms with Crippen molar-refractivity contribution in [3.05, 3.63) is 17.7 Å². The fourth-order valence-electron chi connectivity index (χ4n) is 2.10. The van der Waals surface area contributed by atoms with E-state index in [1.54, 1.807) is 0 Å². The Morgan fingerprint density at radius 2 is 1.40 bits per heavy atom. The first-order chi connectivity index (χ1) is 9.67. The van der Waals surface area contributed by atoms with E-state index in [1.807, 2.05) is 32.9 Å². The normalized spacial score (nSPS) is 12.1. The molecule has 1 rings (SSSR count). The third kappa shape index (κ3) is 4.30. The molecular weight excluding hydrogens is 254 g/mol. The van der Waals surface area contributed by atoms with E-state index in [2.05, 4.69) is 6.92 Å². The molecule has 0 aliphatic heterocycles. The molecule has 0 aromatic heterocycles. The summed E-state index contributed by atoms with van der Waals surface area (Å²) in [6.45, 7) is 9.71. The highest BCUT2D eigenvalue weighted by Crippen LogP contribution is 2.40. The van der Waals surface area contributed by atoms with Gasteiger partial charge in [-0.25, -0.2) is 0 Å². The number of ether oxygens (including phenoxy) is 3. The molecule has 0 aliphatic rings. The van der Waals surface area contributed by atoms with Gasteiger partial charge >= 0.3 is 0 Å². The van der Waals surface area contributed by atoms with Crippen LogP contribution < -0.4 is 19.9 Å². The Morgan fingerprint density at radius 1 is 0.900 bits per heavy atom.